The second kappa shape index (κ2) is 11.8. The van der Waals surface area contributed by atoms with E-state index in [0.717, 1.165) is 22.8 Å². The number of carbonyl (C=O) groups excluding carboxylic acids is 1. The number of carbonyl (C=O) groups is 1. The molecule has 42 heavy (non-hydrogen) atoms. The van der Waals surface area contributed by atoms with Crippen molar-refractivity contribution in [2.24, 2.45) is 0 Å². The van der Waals surface area contributed by atoms with Gasteiger partial charge >= 0.3 is 0 Å². The molecule has 0 spiro atoms. The zero-order chi connectivity index (χ0) is 30.2. The van der Waals surface area contributed by atoms with E-state index in [9.17, 15) is 22.0 Å². The highest BCUT2D eigenvalue weighted by atomic mass is 35.5. The molecule has 0 N–H and O–H groups in total. The van der Waals surface area contributed by atoms with Crippen LogP contribution in [0.5, 0.6) is 11.5 Å². The van der Waals surface area contributed by atoms with E-state index in [4.69, 9.17) is 16.3 Å². The van der Waals surface area contributed by atoms with Crippen LogP contribution in [-0.2, 0) is 34.3 Å². The number of aryl methyl sites for hydroxylation is 2. The highest BCUT2D eigenvalue weighted by Gasteiger charge is 2.41. The number of ether oxygens (including phenoxy) is 1. The third-order valence-corrected chi connectivity index (χ3v) is 9.65. The smallest absolute Gasteiger partial charge is 0.244 e. The summed E-state index contributed by atoms with van der Waals surface area (Å²) in [5.74, 6) is -1.31. The summed E-state index contributed by atoms with van der Waals surface area (Å²) in [5, 5.41) is -0.0681. The van der Waals surface area contributed by atoms with E-state index in [2.05, 4.69) is 0 Å². The Morgan fingerprint density at radius 3 is 2.48 bits per heavy atom. The molecule has 1 aliphatic rings. The zero-order valence-corrected chi connectivity index (χ0v) is 24.8. The van der Waals surface area contributed by atoms with E-state index >= 15 is 0 Å². The molecule has 0 bridgehead atoms. The van der Waals surface area contributed by atoms with E-state index in [-0.39, 0.29) is 40.9 Å². The van der Waals surface area contributed by atoms with Gasteiger partial charge in [0, 0.05) is 31.8 Å². The highest BCUT2D eigenvalue weighted by Crippen LogP contribution is 2.33. The van der Waals surface area contributed by atoms with Crippen LogP contribution in [0, 0.1) is 25.5 Å². The van der Waals surface area contributed by atoms with Crippen LogP contribution in [0.4, 0.5) is 8.78 Å². The average Bonchev–Trinajstić information content (AvgIpc) is 2.96. The second-order valence-corrected chi connectivity index (χ2v) is 12.7. The Morgan fingerprint density at radius 1 is 1.00 bits per heavy atom. The van der Waals surface area contributed by atoms with Crippen molar-refractivity contribution in [3.8, 4) is 11.5 Å². The third-order valence-electron chi connectivity index (χ3n) is 7.35. The van der Waals surface area contributed by atoms with Gasteiger partial charge in [-0.05, 0) is 78.9 Å². The summed E-state index contributed by atoms with van der Waals surface area (Å²) >= 11 is 5.77. The number of halogens is 3. The molecule has 218 valence electrons. The maximum absolute atomic E-state index is 14.3. The van der Waals surface area contributed by atoms with Crippen molar-refractivity contribution in [2.45, 2.75) is 44.3 Å². The zero-order valence-electron chi connectivity index (χ0n) is 23.3. The Hall–Kier alpha value is -3.79. The Balaban J connectivity index is 1.47. The molecule has 5 rings (SSSR count). The van der Waals surface area contributed by atoms with E-state index < -0.39 is 33.6 Å². The van der Waals surface area contributed by atoms with Crippen LogP contribution in [0.2, 0.25) is 5.02 Å². The number of hydrogen-bond acceptors (Lipinski definition) is 4. The monoisotopic (exact) mass is 610 g/mol. The number of fused-ring (bicyclic) bond motifs is 1. The number of hydrogen-bond donors (Lipinski definition) is 0. The predicted octanol–water partition coefficient (Wildman–Crippen LogP) is 6.80. The summed E-state index contributed by atoms with van der Waals surface area (Å²) < 4.78 is 63.5. The van der Waals surface area contributed by atoms with Crippen molar-refractivity contribution in [3.63, 3.8) is 0 Å². The van der Waals surface area contributed by atoms with Gasteiger partial charge in [-0.2, -0.15) is 4.31 Å². The highest BCUT2D eigenvalue weighted by molar-refractivity contribution is 7.89. The molecule has 1 atom stereocenters. The van der Waals surface area contributed by atoms with Gasteiger partial charge in [0.15, 0.2) is 0 Å². The molecule has 0 aromatic heterocycles. The van der Waals surface area contributed by atoms with Crippen LogP contribution in [-0.4, -0.2) is 36.6 Å². The fourth-order valence-corrected chi connectivity index (χ4v) is 7.09. The van der Waals surface area contributed by atoms with Crippen LogP contribution in [0.15, 0.2) is 83.8 Å². The molecule has 4 aromatic carbocycles. The molecule has 0 saturated carbocycles. The lowest BCUT2D eigenvalue weighted by atomic mass is 9.95. The molecule has 6 nitrogen and oxygen atoms in total. The van der Waals surface area contributed by atoms with Crippen LogP contribution >= 0.6 is 11.6 Å². The van der Waals surface area contributed by atoms with Crippen molar-refractivity contribution >= 4 is 27.5 Å². The number of benzene rings is 4. The topological polar surface area (TPSA) is 66.9 Å². The fourth-order valence-electron chi connectivity index (χ4n) is 5.10. The van der Waals surface area contributed by atoms with Crippen molar-refractivity contribution in [3.05, 3.63) is 123 Å². The summed E-state index contributed by atoms with van der Waals surface area (Å²) in [7, 11) is -2.54. The lowest BCUT2D eigenvalue weighted by Gasteiger charge is -2.37. The van der Waals surface area contributed by atoms with Gasteiger partial charge in [0.2, 0.25) is 15.9 Å². The molecule has 1 unspecified atom stereocenters. The maximum Gasteiger partial charge on any atom is 0.244 e. The molecule has 0 aliphatic carbocycles. The van der Waals surface area contributed by atoms with Gasteiger partial charge in [-0.1, -0.05) is 48.0 Å². The van der Waals surface area contributed by atoms with Crippen LogP contribution in [0.3, 0.4) is 0 Å². The summed E-state index contributed by atoms with van der Waals surface area (Å²) in [6.07, 6.45) is 0.181. The molecule has 0 saturated heterocycles. The first-order chi connectivity index (χ1) is 19.9. The van der Waals surface area contributed by atoms with Crippen LogP contribution in [0.1, 0.15) is 27.8 Å². The number of likely N-dealkylation sites (N-methyl/N-ethyl adjacent to an activating group) is 1. The van der Waals surface area contributed by atoms with Gasteiger partial charge < -0.3 is 9.64 Å². The first kappa shape index (κ1) is 29.7. The molecule has 4 aromatic rings. The SMILES string of the molecule is Cc1ccc(C)c(S(=O)(=O)N2Cc3ccccc3CC2C(=O)N(C)Cc2cc(F)ccc2Oc2ccc(Cl)c(F)c2)c1. The summed E-state index contributed by atoms with van der Waals surface area (Å²) in [5.41, 5.74) is 3.40. The van der Waals surface area contributed by atoms with Gasteiger partial charge in [0.25, 0.3) is 0 Å². The molecule has 0 radical (unpaired) electrons. The van der Waals surface area contributed by atoms with Crippen LogP contribution in [0.25, 0.3) is 0 Å². The minimum Gasteiger partial charge on any atom is -0.457 e. The number of rotatable bonds is 7. The largest absolute Gasteiger partial charge is 0.457 e. The third kappa shape index (κ3) is 6.04. The molecule has 1 aliphatic heterocycles. The quantitative estimate of drug-likeness (QED) is 0.231. The van der Waals surface area contributed by atoms with Gasteiger partial charge in [-0.3, -0.25) is 4.79 Å². The maximum atomic E-state index is 14.3. The molecular formula is C32H29ClF2N2O4S. The average molecular weight is 611 g/mol. The van der Waals surface area contributed by atoms with E-state index in [0.29, 0.717) is 11.1 Å². The van der Waals surface area contributed by atoms with E-state index in [1.54, 1.807) is 19.1 Å². The van der Waals surface area contributed by atoms with Gasteiger partial charge in [-0.25, -0.2) is 17.2 Å². The molecule has 1 heterocycles. The molecule has 0 fully saturated rings. The molecular weight excluding hydrogens is 582 g/mol. The number of nitrogens with zero attached hydrogens (tertiary/aromatic N) is 2. The van der Waals surface area contributed by atoms with Crippen molar-refractivity contribution in [2.75, 3.05) is 7.05 Å². The van der Waals surface area contributed by atoms with Crippen LogP contribution < -0.4 is 4.74 Å². The molecule has 1 amide bonds. The fraction of sp³-hybridized carbons (Fsp3) is 0.219. The lowest BCUT2D eigenvalue weighted by Crippen LogP contribution is -2.52. The van der Waals surface area contributed by atoms with Gasteiger partial charge in [-0.15, -0.1) is 0 Å². The predicted molar refractivity (Wildman–Crippen MR) is 157 cm³/mol. The van der Waals surface area contributed by atoms with E-state index in [1.165, 1.54) is 46.6 Å². The minimum atomic E-state index is -4.07. The number of sulfonamides is 1. The normalized spacial score (nSPS) is 15.2. The van der Waals surface area contributed by atoms with Crippen molar-refractivity contribution in [1.82, 2.24) is 9.21 Å². The lowest BCUT2D eigenvalue weighted by molar-refractivity contribution is -0.135. The van der Waals surface area contributed by atoms with Crippen molar-refractivity contribution in [1.29, 1.82) is 0 Å². The van der Waals surface area contributed by atoms with Crippen molar-refractivity contribution < 1.29 is 26.7 Å². The Kier molecular flexibility index (Phi) is 8.37. The summed E-state index contributed by atoms with van der Waals surface area (Å²) in [6.45, 7) is 3.49. The summed E-state index contributed by atoms with van der Waals surface area (Å²) in [4.78, 5) is 15.5. The van der Waals surface area contributed by atoms with Gasteiger partial charge in [0.1, 0.15) is 29.2 Å². The molecule has 10 heteroatoms. The first-order valence-corrected chi connectivity index (χ1v) is 15.1. The minimum absolute atomic E-state index is 0.0343. The first-order valence-electron chi connectivity index (χ1n) is 13.3. The second-order valence-electron chi connectivity index (χ2n) is 10.4. The number of amides is 1. The Labute approximate surface area is 249 Å². The standard InChI is InChI=1S/C32H29ClF2N2O4S/c1-20-8-9-21(2)31(14-20)42(39,40)37-19-23-7-5-4-6-22(23)16-29(37)32(38)36(3)18-24-15-25(34)10-13-30(24)41-26-11-12-27(33)28(35)17-26/h4-15,17,29H,16,18-19H2,1-3H3. The Bertz CT molecular complexity index is 1780. The Morgan fingerprint density at radius 2 is 1.74 bits per heavy atom. The summed E-state index contributed by atoms with van der Waals surface area (Å²) in [6, 6.07) is 19.4. The van der Waals surface area contributed by atoms with E-state index in [1.807, 2.05) is 37.3 Å². The van der Waals surface area contributed by atoms with Gasteiger partial charge in [0.05, 0.1) is 9.92 Å².